The Bertz CT molecular complexity index is 887. The van der Waals surface area contributed by atoms with Crippen LogP contribution in [0.5, 0.6) is 0 Å². The minimum atomic E-state index is -1.96. The minimum absolute atomic E-state index is 0. The summed E-state index contributed by atoms with van der Waals surface area (Å²) in [5.74, 6) is 4.53. The maximum atomic E-state index is 12.0. The van der Waals surface area contributed by atoms with E-state index in [0.29, 0.717) is 12.8 Å². The number of hydrogen-bond acceptors (Lipinski definition) is 5. The molecule has 2 rings (SSSR count). The molecule has 0 N–H and O–H groups in total. The molecule has 0 aromatic carbocycles. The van der Waals surface area contributed by atoms with Gasteiger partial charge in [-0.2, -0.15) is 0 Å². The molecule has 0 spiro atoms. The summed E-state index contributed by atoms with van der Waals surface area (Å²) in [5.41, 5.74) is 0. The fraction of sp³-hybridized carbons (Fsp3) is 0.621. The predicted octanol–water partition coefficient (Wildman–Crippen LogP) is 4.73. The first-order valence-corrected chi connectivity index (χ1v) is 14.8. The summed E-state index contributed by atoms with van der Waals surface area (Å²) in [6.45, 7) is 43.9. The number of cyclic esters (lactones) is 1. The van der Waals surface area contributed by atoms with Crippen LogP contribution in [0.15, 0.2) is 12.2 Å². The predicted molar refractivity (Wildman–Crippen MR) is 140 cm³/mol. The van der Waals surface area contributed by atoms with Crippen molar-refractivity contribution in [1.29, 1.82) is 0 Å². The topological polar surface area (TPSA) is 173 Å². The second-order valence-corrected chi connectivity index (χ2v) is 14.9. The van der Waals surface area contributed by atoms with Crippen LogP contribution in [-0.4, -0.2) is 44.5 Å². The summed E-state index contributed by atoms with van der Waals surface area (Å²) in [7, 11) is -1.96. The van der Waals surface area contributed by atoms with Crippen molar-refractivity contribution in [3.63, 3.8) is 0 Å². The van der Waals surface area contributed by atoms with E-state index >= 15 is 0 Å². The molecule has 2 aliphatic rings. The molecule has 0 saturated carbocycles. The number of esters is 1. The molecule has 2 aliphatic heterocycles. The van der Waals surface area contributed by atoms with Crippen molar-refractivity contribution in [2.24, 2.45) is 0 Å². The molecule has 2 radical (unpaired) electrons. The fourth-order valence-corrected chi connectivity index (χ4v) is 4.69. The van der Waals surface area contributed by atoms with Gasteiger partial charge in [0.05, 0.1) is 12.2 Å². The van der Waals surface area contributed by atoms with E-state index in [1.165, 1.54) is 0 Å². The molecular formula is C29H38Co2O11Si. The number of carbonyl (C=O) groups is 1. The molecule has 11 nitrogen and oxygen atoms in total. The van der Waals surface area contributed by atoms with Crippen LogP contribution in [0.25, 0.3) is 0 Å². The summed E-state index contributed by atoms with van der Waals surface area (Å²) < 4.78 is 69.2. The zero-order valence-electron chi connectivity index (χ0n) is 25.4. The standard InChI is InChI=1S/C23H38O5Si.6CO.2Co/c1-17-11-9-13-19-20(27-23(5,6)26-19)16-15-18(12-10-14-21(24)25-17)28-29(7,8)22(2,3)4;6*1-2;;/h9,13,17-20H,11-12,15-16H2,1-8H3;;;;;;;;/b13-9+;;;;;;;;/t17-,18?,19+,20-;;;;;;;;/m0......../s1. The Kier molecular flexibility index (Phi) is 44.1. The third kappa shape index (κ3) is 26.4. The van der Waals surface area contributed by atoms with Gasteiger partial charge in [0.25, 0.3) is 0 Å². The number of ether oxygens (including phenoxy) is 3. The zero-order valence-corrected chi connectivity index (χ0v) is 28.5. The second kappa shape index (κ2) is 33.2. The summed E-state index contributed by atoms with van der Waals surface area (Å²) in [6, 6.07) is 0. The van der Waals surface area contributed by atoms with Crippen molar-refractivity contribution in [2.45, 2.75) is 116 Å². The van der Waals surface area contributed by atoms with Gasteiger partial charge in [0.15, 0.2) is 14.1 Å². The Labute approximate surface area is 277 Å². The van der Waals surface area contributed by atoms with E-state index in [0.717, 1.165) is 12.8 Å². The van der Waals surface area contributed by atoms with E-state index in [9.17, 15) is 4.79 Å². The van der Waals surface area contributed by atoms with Gasteiger partial charge < -0.3 is 18.6 Å². The average molecular weight is 709 g/mol. The van der Waals surface area contributed by atoms with E-state index < -0.39 is 20.1 Å². The summed E-state index contributed by atoms with van der Waals surface area (Å²) >= 11 is 0. The molecule has 0 bridgehead atoms. The van der Waals surface area contributed by atoms with Gasteiger partial charge in [-0.25, -0.2) is 4.79 Å². The van der Waals surface area contributed by atoms with Crippen molar-refractivity contribution in [2.75, 3.05) is 0 Å². The zero-order chi connectivity index (χ0) is 33.9. The number of hydrogen-bond donors (Lipinski definition) is 0. The molecule has 43 heavy (non-hydrogen) atoms. The van der Waals surface area contributed by atoms with Crippen molar-refractivity contribution >= 4 is 14.3 Å². The number of fused-ring (bicyclic) bond motifs is 1. The van der Waals surface area contributed by atoms with Crippen molar-refractivity contribution in [1.82, 2.24) is 0 Å². The molecule has 4 atom stereocenters. The Hall–Kier alpha value is -1.68. The Morgan fingerprint density at radius 3 is 1.81 bits per heavy atom. The van der Waals surface area contributed by atoms with Crippen molar-refractivity contribution < 1.29 is 84.9 Å². The quantitative estimate of drug-likeness (QED) is 0.0766. The third-order valence-electron chi connectivity index (χ3n) is 5.88. The molecule has 0 amide bonds. The van der Waals surface area contributed by atoms with Gasteiger partial charge >= 0.3 is 73.8 Å². The van der Waals surface area contributed by atoms with Crippen molar-refractivity contribution in [3.05, 3.63) is 52.1 Å². The first-order chi connectivity index (χ1) is 19.3. The van der Waals surface area contributed by atoms with Crippen LogP contribution in [0, 0.1) is 51.7 Å². The van der Waals surface area contributed by atoms with Gasteiger partial charge in [0, 0.05) is 52.3 Å². The van der Waals surface area contributed by atoms with Gasteiger partial charge in [0.1, 0.15) is 12.2 Å². The Morgan fingerprint density at radius 2 is 1.37 bits per heavy atom. The number of rotatable bonds is 2. The molecule has 1 fully saturated rings. The van der Waals surface area contributed by atoms with E-state index in [1.807, 2.05) is 32.9 Å². The first kappa shape index (κ1) is 57.0. The van der Waals surface area contributed by atoms with Crippen LogP contribution in [0.4, 0.5) is 0 Å². The Balaban J connectivity index is -0.000000165. The molecule has 242 valence electrons. The van der Waals surface area contributed by atoms with Crippen LogP contribution < -0.4 is 0 Å². The minimum Gasteiger partial charge on any atom is 0 e. The van der Waals surface area contributed by atoms with E-state index in [-0.39, 0.29) is 63.0 Å². The largest absolute Gasteiger partial charge is 0 e. The van der Waals surface area contributed by atoms with Crippen molar-refractivity contribution in [3.8, 4) is 11.8 Å². The summed E-state index contributed by atoms with van der Waals surface area (Å²) in [5, 5.41) is 0.105. The molecular weight excluding hydrogens is 670 g/mol. The molecule has 14 heteroatoms. The van der Waals surface area contributed by atoms with E-state index in [4.69, 9.17) is 46.5 Å². The van der Waals surface area contributed by atoms with E-state index in [1.54, 1.807) is 0 Å². The van der Waals surface area contributed by atoms with Crippen LogP contribution in [0.1, 0.15) is 67.2 Å². The third-order valence-corrected chi connectivity index (χ3v) is 10.4. The van der Waals surface area contributed by atoms with Crippen LogP contribution in [0.2, 0.25) is 18.1 Å². The van der Waals surface area contributed by atoms with Crippen LogP contribution in [0.3, 0.4) is 0 Å². The monoisotopic (exact) mass is 708 g/mol. The molecule has 1 unspecified atom stereocenters. The van der Waals surface area contributed by atoms with Crippen LogP contribution >= 0.6 is 0 Å². The van der Waals surface area contributed by atoms with E-state index in [2.05, 4.69) is 85.6 Å². The van der Waals surface area contributed by atoms with Gasteiger partial charge in [-0.05, 0) is 51.7 Å². The molecule has 2 heterocycles. The fourth-order valence-electron chi connectivity index (χ4n) is 3.30. The number of carbonyl (C=O) groups excluding carboxylic acids is 1. The molecule has 0 aromatic heterocycles. The Morgan fingerprint density at radius 1 is 0.907 bits per heavy atom. The van der Waals surface area contributed by atoms with Crippen LogP contribution in [-0.2, 0) is 84.9 Å². The first-order valence-electron chi connectivity index (χ1n) is 11.9. The van der Waals surface area contributed by atoms with Gasteiger partial charge in [-0.15, -0.1) is 0 Å². The molecule has 0 aliphatic carbocycles. The second-order valence-electron chi connectivity index (χ2n) is 10.1. The normalized spacial score (nSPS) is 22.1. The SMILES string of the molecule is C[C@H]1C/C=C/[C@H]2OC(C)(C)O[C@H]2CCC(O[Si](C)(C)C(C)(C)C)CC#CC(=O)O1.[C-]#[O+].[C-]#[O+].[C-]#[O+].[C-]#[O+].[C-]#[O+].[C-]#[O+].[Co].[Co]. The summed E-state index contributed by atoms with van der Waals surface area (Å²) in [6.07, 6.45) is 6.37. The maximum absolute atomic E-state index is 12.0. The summed E-state index contributed by atoms with van der Waals surface area (Å²) in [4.78, 5) is 12.0. The average Bonchev–Trinajstić information content (AvgIpc) is 3.25. The maximum Gasteiger partial charge on any atom is 0 e. The molecule has 0 aromatic rings. The smallest absolute Gasteiger partial charge is 0 e. The van der Waals surface area contributed by atoms with Gasteiger partial charge in [-0.1, -0.05) is 38.8 Å². The molecule has 1 saturated heterocycles. The van der Waals surface area contributed by atoms with Gasteiger partial charge in [-0.3, -0.25) is 0 Å². The van der Waals surface area contributed by atoms with Gasteiger partial charge in [0.2, 0.25) is 0 Å².